The molecule has 0 saturated carbocycles. The van der Waals surface area contributed by atoms with Gasteiger partial charge in [0, 0.05) is 11.5 Å². The molecular weight excluding hydrogens is 427 g/mol. The Bertz CT molecular complexity index is 489. The van der Waals surface area contributed by atoms with Crippen LogP contribution >= 0.6 is 43.2 Å². The molecule has 0 aromatic heterocycles. The minimum Gasteiger partial charge on any atom is -0.199 e. The van der Waals surface area contributed by atoms with Crippen LogP contribution in [0.3, 0.4) is 0 Å². The van der Waals surface area contributed by atoms with Crippen molar-refractivity contribution in [3.8, 4) is 0 Å². The zero-order valence-corrected chi connectivity index (χ0v) is 19.1. The largest absolute Gasteiger partial charge is 2.00 e. The molecule has 0 aliphatic rings. The van der Waals surface area contributed by atoms with Gasteiger partial charge in [-0.2, -0.15) is 49.2 Å². The van der Waals surface area contributed by atoms with Gasteiger partial charge < -0.3 is 0 Å². The molecule has 0 N–H and O–H groups in total. The number of hydrogen-bond acceptors (Lipinski definition) is 4. The third-order valence-corrected chi connectivity index (χ3v) is 7.91. The van der Waals surface area contributed by atoms with Crippen LogP contribution in [0.5, 0.6) is 0 Å². The number of benzene rings is 2. The van der Waals surface area contributed by atoms with E-state index in [9.17, 15) is 0 Å². The van der Waals surface area contributed by atoms with E-state index in [-0.39, 0.29) is 16.5 Å². The summed E-state index contributed by atoms with van der Waals surface area (Å²) in [4.78, 5) is 2.64. The Morgan fingerprint density at radius 2 is 0.960 bits per heavy atom. The van der Waals surface area contributed by atoms with Crippen molar-refractivity contribution in [1.82, 2.24) is 0 Å². The van der Waals surface area contributed by atoms with Crippen molar-refractivity contribution in [2.24, 2.45) is 0 Å². The Kier molecular flexibility index (Phi) is 16.3. The third-order valence-electron chi connectivity index (χ3n) is 2.73. The Labute approximate surface area is 180 Å². The molecule has 140 valence electrons. The standard InChI is InChI=1S/2C10H13S2.Ni/c2*1-3-8-11-12-10-6-4-9(2)5-7-10;/h2*4-7H,2-3,8H2,1H3;/q2*-1;+2. The smallest absolute Gasteiger partial charge is 0.199 e. The number of hydrogen-bond donors (Lipinski definition) is 0. The predicted octanol–water partition coefficient (Wildman–Crippen LogP) is 8.04. The van der Waals surface area contributed by atoms with Crippen molar-refractivity contribution >= 4 is 43.2 Å². The van der Waals surface area contributed by atoms with Crippen LogP contribution in [0.15, 0.2) is 58.3 Å². The quantitative estimate of drug-likeness (QED) is 0.172. The van der Waals surface area contributed by atoms with Gasteiger partial charge in [0.2, 0.25) is 0 Å². The van der Waals surface area contributed by atoms with Gasteiger partial charge in [-0.15, -0.1) is 24.3 Å². The summed E-state index contributed by atoms with van der Waals surface area (Å²) in [5, 5.41) is 0. The topological polar surface area (TPSA) is 0 Å². The second-order valence-corrected chi connectivity index (χ2v) is 10.1. The average molecular weight is 453 g/mol. The Morgan fingerprint density at radius 1 is 0.640 bits per heavy atom. The summed E-state index contributed by atoms with van der Waals surface area (Å²) in [7, 11) is 7.50. The SMILES string of the molecule is [CH2-]c1ccc(SSCCC)cc1.[CH2-]c1ccc(SSCCC)cc1.[Ni+2]. The third kappa shape index (κ3) is 13.0. The molecule has 2 aromatic rings. The molecule has 0 radical (unpaired) electrons. The first-order valence-electron chi connectivity index (χ1n) is 8.08. The van der Waals surface area contributed by atoms with Gasteiger partial charge in [-0.1, -0.05) is 57.0 Å². The first-order valence-corrected chi connectivity index (χ1v) is 12.7. The second kappa shape index (κ2) is 16.3. The summed E-state index contributed by atoms with van der Waals surface area (Å²) < 4.78 is 0. The molecular formula is C20H26NiS4. The molecule has 0 unspecified atom stereocenters. The Hall–Kier alpha value is 0.0735. The summed E-state index contributed by atoms with van der Waals surface area (Å²) in [6, 6.07) is 16.7. The van der Waals surface area contributed by atoms with Gasteiger partial charge in [0.15, 0.2) is 0 Å². The van der Waals surface area contributed by atoms with Gasteiger partial charge in [0.05, 0.1) is 0 Å². The zero-order valence-electron chi connectivity index (χ0n) is 14.8. The average Bonchev–Trinajstić information content (AvgIpc) is 2.59. The van der Waals surface area contributed by atoms with Gasteiger partial charge in [0.1, 0.15) is 0 Å². The molecule has 0 nitrogen and oxygen atoms in total. The van der Waals surface area contributed by atoms with Gasteiger partial charge >= 0.3 is 16.5 Å². The monoisotopic (exact) mass is 452 g/mol. The van der Waals surface area contributed by atoms with Crippen LogP contribution in [-0.2, 0) is 16.5 Å². The van der Waals surface area contributed by atoms with E-state index in [2.05, 4.69) is 76.2 Å². The number of rotatable bonds is 8. The maximum absolute atomic E-state index is 3.84. The minimum absolute atomic E-state index is 0. The van der Waals surface area contributed by atoms with Crippen molar-refractivity contribution in [2.75, 3.05) is 11.5 Å². The van der Waals surface area contributed by atoms with E-state index < -0.39 is 0 Å². The van der Waals surface area contributed by atoms with Crippen LogP contribution in [0.1, 0.15) is 37.8 Å². The maximum atomic E-state index is 3.84. The molecule has 2 rings (SSSR count). The molecule has 0 bridgehead atoms. The van der Waals surface area contributed by atoms with Crippen LogP contribution < -0.4 is 0 Å². The van der Waals surface area contributed by atoms with Gasteiger partial charge in [-0.25, -0.2) is 0 Å². The summed E-state index contributed by atoms with van der Waals surface area (Å²) >= 11 is 0. The van der Waals surface area contributed by atoms with E-state index in [1.54, 1.807) is 0 Å². The fourth-order valence-corrected chi connectivity index (χ4v) is 5.73. The van der Waals surface area contributed by atoms with Gasteiger partial charge in [-0.05, 0) is 22.6 Å². The molecule has 0 spiro atoms. The molecule has 0 saturated heterocycles. The molecule has 0 atom stereocenters. The van der Waals surface area contributed by atoms with Crippen LogP contribution in [0, 0.1) is 13.8 Å². The summed E-state index contributed by atoms with van der Waals surface area (Å²) in [6.45, 7) is 12.1. The molecule has 2 aromatic carbocycles. The Balaban J connectivity index is 0.000000443. The normalized spacial score (nSPS) is 9.68. The van der Waals surface area contributed by atoms with Crippen LogP contribution in [0.4, 0.5) is 0 Å². The van der Waals surface area contributed by atoms with E-state index in [0.717, 1.165) is 11.1 Å². The maximum Gasteiger partial charge on any atom is 2.00 e. The molecule has 0 aliphatic heterocycles. The predicted molar refractivity (Wildman–Crippen MR) is 119 cm³/mol. The van der Waals surface area contributed by atoms with Crippen molar-refractivity contribution < 1.29 is 16.5 Å². The van der Waals surface area contributed by atoms with Gasteiger partial charge in [-0.3, -0.25) is 0 Å². The summed E-state index contributed by atoms with van der Waals surface area (Å²) in [5.74, 6) is 2.44. The van der Waals surface area contributed by atoms with Crippen LogP contribution in [0.2, 0.25) is 0 Å². The molecule has 5 heteroatoms. The molecule has 0 fully saturated rings. The fourth-order valence-electron chi connectivity index (χ4n) is 1.48. The molecule has 25 heavy (non-hydrogen) atoms. The first-order chi connectivity index (χ1) is 11.7. The minimum atomic E-state index is 0. The van der Waals surface area contributed by atoms with Crippen LogP contribution in [-0.4, -0.2) is 11.5 Å². The van der Waals surface area contributed by atoms with E-state index in [4.69, 9.17) is 0 Å². The summed E-state index contributed by atoms with van der Waals surface area (Å²) in [6.07, 6.45) is 2.48. The molecule has 0 amide bonds. The van der Waals surface area contributed by atoms with E-state index >= 15 is 0 Å². The second-order valence-electron chi connectivity index (χ2n) is 5.10. The zero-order chi connectivity index (χ0) is 17.6. The van der Waals surface area contributed by atoms with E-state index in [1.165, 1.54) is 34.1 Å². The van der Waals surface area contributed by atoms with Gasteiger partial charge in [0.25, 0.3) is 0 Å². The first kappa shape index (κ1) is 25.1. The fraction of sp³-hybridized carbons (Fsp3) is 0.300. The van der Waals surface area contributed by atoms with Crippen molar-refractivity contribution in [1.29, 1.82) is 0 Å². The summed E-state index contributed by atoms with van der Waals surface area (Å²) in [5.41, 5.74) is 2.17. The van der Waals surface area contributed by atoms with Crippen molar-refractivity contribution in [3.05, 3.63) is 73.5 Å². The molecule has 0 aliphatic carbocycles. The van der Waals surface area contributed by atoms with Crippen LogP contribution in [0.25, 0.3) is 0 Å². The van der Waals surface area contributed by atoms with Crippen molar-refractivity contribution in [3.63, 3.8) is 0 Å². The molecule has 0 heterocycles. The van der Waals surface area contributed by atoms with E-state index in [0.29, 0.717) is 0 Å². The van der Waals surface area contributed by atoms with E-state index in [1.807, 2.05) is 43.2 Å². The Morgan fingerprint density at radius 3 is 1.24 bits per heavy atom. The van der Waals surface area contributed by atoms with Crippen molar-refractivity contribution in [2.45, 2.75) is 36.5 Å².